The molecule has 0 saturated heterocycles. The van der Waals surface area contributed by atoms with E-state index in [-0.39, 0.29) is 17.2 Å². The third kappa shape index (κ3) is 3.00. The maximum absolute atomic E-state index is 12.1. The molecule has 1 amide bonds. The van der Waals surface area contributed by atoms with E-state index in [4.69, 9.17) is 16.0 Å². The number of halogens is 1. The summed E-state index contributed by atoms with van der Waals surface area (Å²) in [4.78, 5) is 16.2. The van der Waals surface area contributed by atoms with E-state index in [9.17, 15) is 9.90 Å². The van der Waals surface area contributed by atoms with E-state index in [0.29, 0.717) is 31.2 Å². The number of rotatable bonds is 3. The number of nitrogens with zero attached hydrogens (tertiary/aromatic N) is 1. The minimum Gasteiger partial charge on any atom is -0.452 e. The molecule has 0 unspecified atom stereocenters. The number of carbonyl (C=O) groups excluding carboxylic acids is 1. The van der Waals surface area contributed by atoms with Gasteiger partial charge in [-0.3, -0.25) is 9.78 Å². The summed E-state index contributed by atoms with van der Waals surface area (Å²) in [7, 11) is 0. The highest BCUT2D eigenvalue weighted by atomic mass is 35.5. The van der Waals surface area contributed by atoms with Gasteiger partial charge in [0, 0.05) is 24.0 Å². The largest absolute Gasteiger partial charge is 0.452 e. The quantitative estimate of drug-likeness (QED) is 0.911. The maximum atomic E-state index is 12.1. The molecule has 0 atom stereocenters. The molecular weight excluding hydrogens is 304 g/mol. The van der Waals surface area contributed by atoms with Crippen LogP contribution in [-0.4, -0.2) is 22.0 Å². The summed E-state index contributed by atoms with van der Waals surface area (Å²) in [5, 5.41) is 13.8. The number of pyridine rings is 1. The van der Waals surface area contributed by atoms with Crippen LogP contribution in [0.2, 0.25) is 5.22 Å². The molecule has 2 aromatic rings. The van der Waals surface area contributed by atoms with Gasteiger partial charge in [0.2, 0.25) is 5.22 Å². The lowest BCUT2D eigenvalue weighted by molar-refractivity contribution is -0.00832. The van der Waals surface area contributed by atoms with Crippen molar-refractivity contribution in [1.29, 1.82) is 0 Å². The fourth-order valence-corrected chi connectivity index (χ4v) is 3.09. The molecule has 6 heteroatoms. The highest BCUT2D eigenvalue weighted by Gasteiger charge is 2.35. The van der Waals surface area contributed by atoms with E-state index in [0.717, 1.165) is 5.56 Å². The van der Waals surface area contributed by atoms with E-state index in [1.54, 1.807) is 18.5 Å². The van der Waals surface area contributed by atoms with Crippen LogP contribution in [0.25, 0.3) is 0 Å². The molecule has 1 saturated carbocycles. The van der Waals surface area contributed by atoms with Crippen LogP contribution in [0.1, 0.15) is 41.6 Å². The summed E-state index contributed by atoms with van der Waals surface area (Å²) < 4.78 is 4.92. The normalized spacial score (nSPS) is 24.9. The molecule has 2 aromatic heterocycles. The summed E-state index contributed by atoms with van der Waals surface area (Å²) in [5.41, 5.74) is 0.315. The predicted octanol–water partition coefficient (Wildman–Crippen LogP) is 2.89. The van der Waals surface area contributed by atoms with Gasteiger partial charge in [0.15, 0.2) is 0 Å². The molecule has 5 nitrogen and oxygen atoms in total. The van der Waals surface area contributed by atoms with Crippen LogP contribution >= 0.6 is 11.6 Å². The van der Waals surface area contributed by atoms with Crippen molar-refractivity contribution in [1.82, 2.24) is 10.3 Å². The number of carbonyl (C=O) groups is 1. The molecule has 0 bridgehead atoms. The summed E-state index contributed by atoms with van der Waals surface area (Å²) in [5.74, 6) is -0.240. The Labute approximate surface area is 133 Å². The average Bonchev–Trinajstić information content (AvgIpc) is 2.97. The number of aromatic nitrogens is 1. The lowest BCUT2D eigenvalue weighted by Gasteiger charge is -2.36. The molecule has 0 spiro atoms. The zero-order valence-electron chi connectivity index (χ0n) is 12.0. The Morgan fingerprint density at radius 1 is 1.41 bits per heavy atom. The zero-order chi connectivity index (χ0) is 15.6. The van der Waals surface area contributed by atoms with Gasteiger partial charge in [-0.15, -0.1) is 0 Å². The number of hydrogen-bond donors (Lipinski definition) is 2. The highest BCUT2D eigenvalue weighted by molar-refractivity contribution is 6.32. The highest BCUT2D eigenvalue weighted by Crippen LogP contribution is 2.36. The first-order valence-corrected chi connectivity index (χ1v) is 7.63. The second-order valence-electron chi connectivity index (χ2n) is 5.63. The van der Waals surface area contributed by atoms with E-state index >= 15 is 0 Å². The molecule has 1 fully saturated rings. The van der Waals surface area contributed by atoms with Gasteiger partial charge >= 0.3 is 0 Å². The Balaban J connectivity index is 1.60. The first kappa shape index (κ1) is 15.1. The SMILES string of the molecule is O=C(NC1CCC(O)(c2cccnc2)CC1)c1ccoc1Cl. The Kier molecular flexibility index (Phi) is 4.18. The number of hydrogen-bond acceptors (Lipinski definition) is 4. The first-order valence-electron chi connectivity index (χ1n) is 7.25. The van der Waals surface area contributed by atoms with Crippen LogP contribution in [0, 0.1) is 0 Å². The molecule has 0 aromatic carbocycles. The lowest BCUT2D eigenvalue weighted by atomic mass is 9.78. The average molecular weight is 321 g/mol. The second-order valence-corrected chi connectivity index (χ2v) is 5.97. The molecule has 0 aliphatic heterocycles. The summed E-state index contributed by atoms with van der Waals surface area (Å²) in [6.45, 7) is 0. The van der Waals surface area contributed by atoms with Crippen molar-refractivity contribution < 1.29 is 14.3 Å². The van der Waals surface area contributed by atoms with Crippen molar-refractivity contribution >= 4 is 17.5 Å². The molecule has 2 N–H and O–H groups in total. The number of nitrogens with one attached hydrogen (secondary N) is 1. The van der Waals surface area contributed by atoms with Gasteiger partial charge in [0.25, 0.3) is 5.91 Å². The van der Waals surface area contributed by atoms with Crippen molar-refractivity contribution in [2.45, 2.75) is 37.3 Å². The van der Waals surface area contributed by atoms with E-state index in [1.165, 1.54) is 6.26 Å². The first-order chi connectivity index (χ1) is 10.6. The van der Waals surface area contributed by atoms with Crippen molar-refractivity contribution in [3.63, 3.8) is 0 Å². The fraction of sp³-hybridized carbons (Fsp3) is 0.375. The monoisotopic (exact) mass is 320 g/mol. The van der Waals surface area contributed by atoms with Gasteiger partial charge in [-0.2, -0.15) is 0 Å². The van der Waals surface area contributed by atoms with Gasteiger partial charge in [-0.05, 0) is 49.4 Å². The Morgan fingerprint density at radius 3 is 2.77 bits per heavy atom. The molecular formula is C16H17ClN2O3. The Hall–Kier alpha value is -1.85. The number of aliphatic hydroxyl groups is 1. The molecule has 2 heterocycles. The predicted molar refractivity (Wildman–Crippen MR) is 81.6 cm³/mol. The van der Waals surface area contributed by atoms with E-state index in [2.05, 4.69) is 10.3 Å². The second kappa shape index (κ2) is 6.10. The van der Waals surface area contributed by atoms with E-state index in [1.807, 2.05) is 12.1 Å². The number of amides is 1. The maximum Gasteiger partial charge on any atom is 0.256 e. The van der Waals surface area contributed by atoms with Crippen molar-refractivity contribution in [3.05, 3.63) is 53.2 Å². The molecule has 22 heavy (non-hydrogen) atoms. The zero-order valence-corrected chi connectivity index (χ0v) is 12.7. The van der Waals surface area contributed by atoms with Crippen LogP contribution in [-0.2, 0) is 5.60 Å². The molecule has 116 valence electrons. The molecule has 0 radical (unpaired) electrons. The van der Waals surface area contributed by atoms with Gasteiger partial charge in [0.1, 0.15) is 0 Å². The topological polar surface area (TPSA) is 75.4 Å². The van der Waals surface area contributed by atoms with Crippen LogP contribution in [0.3, 0.4) is 0 Å². The third-order valence-corrected chi connectivity index (χ3v) is 4.50. The van der Waals surface area contributed by atoms with Crippen molar-refractivity contribution in [2.24, 2.45) is 0 Å². The minimum atomic E-state index is -0.858. The van der Waals surface area contributed by atoms with Gasteiger partial charge < -0.3 is 14.8 Å². The van der Waals surface area contributed by atoms with Gasteiger partial charge in [-0.25, -0.2) is 0 Å². The summed E-state index contributed by atoms with van der Waals surface area (Å²) >= 11 is 5.80. The van der Waals surface area contributed by atoms with Gasteiger partial charge in [-0.1, -0.05) is 6.07 Å². The van der Waals surface area contributed by atoms with Crippen LogP contribution in [0.4, 0.5) is 0 Å². The Morgan fingerprint density at radius 2 is 2.18 bits per heavy atom. The van der Waals surface area contributed by atoms with Crippen molar-refractivity contribution in [3.8, 4) is 0 Å². The molecule has 1 aliphatic rings. The lowest BCUT2D eigenvalue weighted by Crippen LogP contribution is -2.42. The van der Waals surface area contributed by atoms with Crippen LogP contribution in [0.5, 0.6) is 0 Å². The van der Waals surface area contributed by atoms with E-state index < -0.39 is 5.60 Å². The van der Waals surface area contributed by atoms with Crippen molar-refractivity contribution in [2.75, 3.05) is 0 Å². The van der Waals surface area contributed by atoms with Crippen LogP contribution < -0.4 is 5.32 Å². The summed E-state index contributed by atoms with van der Waals surface area (Å²) in [6, 6.07) is 5.28. The minimum absolute atomic E-state index is 0.0235. The molecule has 3 rings (SSSR count). The number of furan rings is 1. The fourth-order valence-electron chi connectivity index (χ4n) is 2.89. The standard InChI is InChI=1S/C16H17ClN2O3/c17-14-13(5-9-22-14)15(20)19-12-3-6-16(21,7-4-12)11-2-1-8-18-10-11/h1-2,5,8-10,12,21H,3-4,6-7H2,(H,19,20). The van der Waals surface area contributed by atoms with Gasteiger partial charge in [0.05, 0.1) is 17.4 Å². The molecule has 1 aliphatic carbocycles. The Bertz CT molecular complexity index is 648. The summed E-state index contributed by atoms with van der Waals surface area (Å²) in [6.07, 6.45) is 7.35. The third-order valence-electron chi connectivity index (χ3n) is 4.21. The van der Waals surface area contributed by atoms with Crippen LogP contribution in [0.15, 0.2) is 41.3 Å². The smallest absolute Gasteiger partial charge is 0.256 e.